The fourth-order valence-electron chi connectivity index (χ4n) is 1.74. The molecule has 92 valence electrons. The average Bonchev–Trinajstić information content (AvgIpc) is 2.71. The van der Waals surface area contributed by atoms with Crippen molar-refractivity contribution >= 4 is 34.4 Å². The Bertz CT molecular complexity index is 508. The van der Waals surface area contributed by atoms with E-state index in [1.165, 1.54) is 0 Å². The highest BCUT2D eigenvalue weighted by atomic mass is 32.2. The van der Waals surface area contributed by atoms with E-state index in [9.17, 15) is 0 Å². The Balaban J connectivity index is 2.29. The number of fused-ring (bicyclic) bond motifs is 1. The quantitative estimate of drug-likeness (QED) is 0.818. The summed E-state index contributed by atoms with van der Waals surface area (Å²) in [5.41, 5.74) is 8.45. The predicted molar refractivity (Wildman–Crippen MR) is 76.8 cm³/mol. The molecular formula is C12H18N4S. The van der Waals surface area contributed by atoms with Gasteiger partial charge in [-0.05, 0) is 31.4 Å². The lowest BCUT2D eigenvalue weighted by molar-refractivity contribution is 0.746. The second-order valence-electron chi connectivity index (χ2n) is 4.25. The molecule has 17 heavy (non-hydrogen) atoms. The molecule has 2 rings (SSSR count). The molecule has 0 spiro atoms. The third-order valence-electron chi connectivity index (χ3n) is 2.90. The zero-order valence-electron chi connectivity index (χ0n) is 10.4. The van der Waals surface area contributed by atoms with Crippen molar-refractivity contribution in [3.8, 4) is 0 Å². The van der Waals surface area contributed by atoms with Gasteiger partial charge in [0.15, 0.2) is 0 Å². The molecule has 0 aliphatic carbocycles. The van der Waals surface area contributed by atoms with Gasteiger partial charge in [0.25, 0.3) is 0 Å². The number of H-pyrrole nitrogens is 1. The van der Waals surface area contributed by atoms with E-state index in [0.29, 0.717) is 6.04 Å². The largest absolute Gasteiger partial charge is 0.399 e. The molecule has 5 heteroatoms. The Kier molecular flexibility index (Phi) is 3.47. The van der Waals surface area contributed by atoms with Gasteiger partial charge in [0.1, 0.15) is 0 Å². The van der Waals surface area contributed by atoms with Crippen LogP contribution in [0.1, 0.15) is 6.92 Å². The van der Waals surface area contributed by atoms with Gasteiger partial charge in [0, 0.05) is 24.5 Å². The number of nitrogens with two attached hydrogens (primary N) is 1. The highest BCUT2D eigenvalue weighted by molar-refractivity contribution is 7.98. The molecule has 1 aromatic heterocycles. The molecule has 0 amide bonds. The zero-order chi connectivity index (χ0) is 12.4. The number of hydrogen-bond acceptors (Lipinski definition) is 4. The summed E-state index contributed by atoms with van der Waals surface area (Å²) in [7, 11) is 2.06. The van der Waals surface area contributed by atoms with Gasteiger partial charge in [0.05, 0.1) is 11.0 Å². The number of benzene rings is 1. The van der Waals surface area contributed by atoms with Crippen molar-refractivity contribution in [3.63, 3.8) is 0 Å². The van der Waals surface area contributed by atoms with Gasteiger partial charge < -0.3 is 15.6 Å². The maximum atomic E-state index is 5.75. The Morgan fingerprint density at radius 3 is 3.00 bits per heavy atom. The molecule has 2 aromatic rings. The van der Waals surface area contributed by atoms with Crippen LogP contribution in [-0.2, 0) is 0 Å². The number of imidazole rings is 1. The lowest BCUT2D eigenvalue weighted by Crippen LogP contribution is -2.31. The highest BCUT2D eigenvalue weighted by Crippen LogP contribution is 2.20. The van der Waals surface area contributed by atoms with Gasteiger partial charge in [-0.1, -0.05) is 0 Å². The molecule has 1 unspecified atom stereocenters. The van der Waals surface area contributed by atoms with E-state index in [4.69, 9.17) is 5.73 Å². The summed E-state index contributed by atoms with van der Waals surface area (Å²) in [6.07, 6.45) is 2.11. The van der Waals surface area contributed by atoms with E-state index in [-0.39, 0.29) is 0 Å². The molecule has 0 aliphatic rings. The van der Waals surface area contributed by atoms with Crippen LogP contribution in [0.4, 0.5) is 11.6 Å². The van der Waals surface area contributed by atoms with Gasteiger partial charge in [0.2, 0.25) is 5.95 Å². The van der Waals surface area contributed by atoms with Crippen molar-refractivity contribution < 1.29 is 0 Å². The fraction of sp³-hybridized carbons (Fsp3) is 0.417. The average molecular weight is 250 g/mol. The third-order valence-corrected chi connectivity index (χ3v) is 3.71. The Morgan fingerprint density at radius 2 is 2.29 bits per heavy atom. The van der Waals surface area contributed by atoms with E-state index < -0.39 is 0 Å². The lowest BCUT2D eigenvalue weighted by atomic mass is 10.3. The molecular weight excluding hydrogens is 232 g/mol. The number of aromatic nitrogens is 2. The van der Waals surface area contributed by atoms with Gasteiger partial charge in [-0.2, -0.15) is 11.8 Å². The number of nitrogen functional groups attached to an aromatic ring is 1. The molecule has 1 atom stereocenters. The van der Waals surface area contributed by atoms with E-state index in [0.717, 1.165) is 28.4 Å². The summed E-state index contributed by atoms with van der Waals surface area (Å²) in [5.74, 6) is 1.97. The van der Waals surface area contributed by atoms with Crippen LogP contribution in [0.15, 0.2) is 18.2 Å². The first kappa shape index (κ1) is 12.1. The monoisotopic (exact) mass is 250 g/mol. The topological polar surface area (TPSA) is 57.9 Å². The zero-order valence-corrected chi connectivity index (χ0v) is 11.2. The van der Waals surface area contributed by atoms with Gasteiger partial charge in [-0.25, -0.2) is 4.98 Å². The lowest BCUT2D eigenvalue weighted by Gasteiger charge is -2.23. The number of aromatic amines is 1. The smallest absolute Gasteiger partial charge is 0.203 e. The molecule has 1 aromatic carbocycles. The van der Waals surface area contributed by atoms with Crippen molar-refractivity contribution in [1.82, 2.24) is 9.97 Å². The molecule has 0 bridgehead atoms. The van der Waals surface area contributed by atoms with Crippen molar-refractivity contribution in [2.24, 2.45) is 0 Å². The van der Waals surface area contributed by atoms with E-state index in [1.54, 1.807) is 0 Å². The molecule has 0 saturated heterocycles. The van der Waals surface area contributed by atoms with Gasteiger partial charge in [-0.15, -0.1) is 0 Å². The number of anilines is 2. The van der Waals surface area contributed by atoms with Crippen LogP contribution in [0, 0.1) is 0 Å². The van der Waals surface area contributed by atoms with Crippen LogP contribution < -0.4 is 10.6 Å². The first-order chi connectivity index (χ1) is 8.11. The van der Waals surface area contributed by atoms with E-state index >= 15 is 0 Å². The van der Waals surface area contributed by atoms with Crippen molar-refractivity contribution in [3.05, 3.63) is 18.2 Å². The molecule has 4 nitrogen and oxygen atoms in total. The fourth-order valence-corrected chi connectivity index (χ4v) is 2.45. The van der Waals surface area contributed by atoms with Crippen LogP contribution in [0.25, 0.3) is 11.0 Å². The highest BCUT2D eigenvalue weighted by Gasteiger charge is 2.13. The van der Waals surface area contributed by atoms with Crippen LogP contribution in [0.3, 0.4) is 0 Å². The summed E-state index contributed by atoms with van der Waals surface area (Å²) in [5, 5.41) is 0. The second kappa shape index (κ2) is 4.87. The van der Waals surface area contributed by atoms with Crippen LogP contribution in [-0.4, -0.2) is 35.1 Å². The Hall–Kier alpha value is -1.36. The minimum atomic E-state index is 0.447. The van der Waals surface area contributed by atoms with Crippen molar-refractivity contribution in [2.75, 3.05) is 29.7 Å². The van der Waals surface area contributed by atoms with Gasteiger partial charge in [-0.3, -0.25) is 0 Å². The third kappa shape index (κ3) is 2.49. The summed E-state index contributed by atoms with van der Waals surface area (Å²) in [4.78, 5) is 10.0. The molecule has 1 heterocycles. The maximum Gasteiger partial charge on any atom is 0.203 e. The Morgan fingerprint density at radius 1 is 1.53 bits per heavy atom. The van der Waals surface area contributed by atoms with Crippen molar-refractivity contribution in [1.29, 1.82) is 0 Å². The predicted octanol–water partition coefficient (Wildman–Crippen LogP) is 2.33. The number of nitrogens with one attached hydrogen (secondary N) is 1. The minimum Gasteiger partial charge on any atom is -0.399 e. The molecule has 0 fully saturated rings. The normalized spacial score (nSPS) is 12.9. The summed E-state index contributed by atoms with van der Waals surface area (Å²) < 4.78 is 0. The first-order valence-corrected chi connectivity index (χ1v) is 6.98. The summed E-state index contributed by atoms with van der Waals surface area (Å²) in [6.45, 7) is 2.19. The molecule has 0 radical (unpaired) electrons. The van der Waals surface area contributed by atoms with Crippen LogP contribution >= 0.6 is 11.8 Å². The summed E-state index contributed by atoms with van der Waals surface area (Å²) >= 11 is 1.84. The van der Waals surface area contributed by atoms with E-state index in [2.05, 4.69) is 35.1 Å². The minimum absolute atomic E-state index is 0.447. The standard InChI is InChI=1S/C12H18N4S/c1-8(7-17-3)16(2)12-14-10-5-4-9(13)6-11(10)15-12/h4-6,8H,7,13H2,1-3H3,(H,14,15). The van der Waals surface area contributed by atoms with Crippen LogP contribution in [0.2, 0.25) is 0 Å². The van der Waals surface area contributed by atoms with Crippen LogP contribution in [0.5, 0.6) is 0 Å². The SMILES string of the molecule is CSCC(C)N(C)c1nc2ccc(N)cc2[nH]1. The first-order valence-electron chi connectivity index (χ1n) is 5.59. The number of thioether (sulfide) groups is 1. The molecule has 3 N–H and O–H groups in total. The maximum absolute atomic E-state index is 5.75. The molecule has 0 saturated carbocycles. The molecule has 0 aliphatic heterocycles. The second-order valence-corrected chi connectivity index (χ2v) is 5.16. The van der Waals surface area contributed by atoms with Crippen molar-refractivity contribution in [2.45, 2.75) is 13.0 Å². The van der Waals surface area contributed by atoms with Gasteiger partial charge >= 0.3 is 0 Å². The summed E-state index contributed by atoms with van der Waals surface area (Å²) in [6, 6.07) is 6.18. The number of hydrogen-bond donors (Lipinski definition) is 2. The Labute approximate surface area is 106 Å². The number of rotatable bonds is 4. The number of nitrogens with zero attached hydrogens (tertiary/aromatic N) is 2. The van der Waals surface area contributed by atoms with E-state index in [1.807, 2.05) is 30.0 Å².